The molecule has 0 rings (SSSR count). The quantitative estimate of drug-likeness (QED) is 0.0146. The molecule has 5 unspecified atom stereocenters. The molecule has 0 aromatic carbocycles. The van der Waals surface area contributed by atoms with Crippen LogP contribution < -0.4 is 0 Å². The molecule has 0 radical (unpaired) electrons. The zero-order chi connectivity index (χ0) is 76.6. The van der Waals surface area contributed by atoms with Gasteiger partial charge in [0.05, 0.1) is 26.4 Å². The summed E-state index contributed by atoms with van der Waals surface area (Å²) in [5.74, 6) is -1.64. The van der Waals surface area contributed by atoms with Crippen molar-refractivity contribution in [2.75, 3.05) is 39.6 Å². The van der Waals surface area contributed by atoms with Crippen molar-refractivity contribution in [3.05, 3.63) is 182 Å². The van der Waals surface area contributed by atoms with Gasteiger partial charge in [-0.25, -0.2) is 9.13 Å². The van der Waals surface area contributed by atoms with E-state index in [-0.39, 0.29) is 19.3 Å². The highest BCUT2D eigenvalue weighted by molar-refractivity contribution is 7.47. The molecule has 18 heteroatoms. The maximum atomic E-state index is 13.0. The third-order valence-electron chi connectivity index (χ3n) is 16.1. The number of aliphatic hydroxyl groups excluding tert-OH is 2. The summed E-state index contributed by atoms with van der Waals surface area (Å²) in [4.78, 5) is 58.7. The van der Waals surface area contributed by atoms with Gasteiger partial charge in [-0.15, -0.1) is 0 Å². The number of ether oxygens (including phenoxy) is 3. The molecule has 4 N–H and O–H groups in total. The van der Waals surface area contributed by atoms with Crippen LogP contribution in [0.15, 0.2) is 182 Å². The summed E-state index contributed by atoms with van der Waals surface area (Å²) >= 11 is 0. The average Bonchev–Trinajstić information content (AvgIpc) is 0.913. The maximum Gasteiger partial charge on any atom is 0.472 e. The zero-order valence-corrected chi connectivity index (χ0v) is 66.9. The highest BCUT2D eigenvalue weighted by Gasteiger charge is 2.29. The van der Waals surface area contributed by atoms with Gasteiger partial charge in [0.1, 0.15) is 25.4 Å². The Labute approximate surface area is 636 Å². The number of hydrogen-bond acceptors (Lipinski definition) is 14. The Hall–Kier alpha value is -5.35. The highest BCUT2D eigenvalue weighted by atomic mass is 31.2. The SMILES string of the molecule is CC/C=C\C/C=C\C/C=C\C/C=C\C/C=C\C/C=C\CCCCCCC(=O)OCC(COP(=O)(O)OCC(O)COP(=O)(O)OCC(O)COC(=O)CCCCCCCCCCCCCCC/C=C\C/C=C\C/C=C\C/C=C\C/C=C\CC)OC(=O)CCCCCC/C=C\C/C=C\C/C=C\C/C=C\CC. The second-order valence-electron chi connectivity index (χ2n) is 26.1. The molecular weight excluding hydrogens is 1360 g/mol. The van der Waals surface area contributed by atoms with Gasteiger partial charge >= 0.3 is 33.6 Å². The van der Waals surface area contributed by atoms with Crippen LogP contribution in [0.5, 0.6) is 0 Å². The predicted molar refractivity (Wildman–Crippen MR) is 435 cm³/mol. The van der Waals surface area contributed by atoms with Gasteiger partial charge in [0.25, 0.3) is 0 Å². The first kappa shape index (κ1) is 99.7. The molecule has 0 bridgehead atoms. The van der Waals surface area contributed by atoms with E-state index in [0.29, 0.717) is 19.3 Å². The average molecular weight is 1510 g/mol. The third kappa shape index (κ3) is 79.5. The first-order valence-electron chi connectivity index (χ1n) is 40.1. The van der Waals surface area contributed by atoms with Crippen LogP contribution in [-0.2, 0) is 55.8 Å². The fraction of sp³-hybridized carbons (Fsp3) is 0.621. The molecule has 0 aliphatic rings. The Balaban J connectivity index is 4.63. The van der Waals surface area contributed by atoms with E-state index in [1.54, 1.807) is 0 Å². The van der Waals surface area contributed by atoms with Crippen molar-refractivity contribution >= 4 is 33.6 Å². The molecule has 0 spiro atoms. The second-order valence-corrected chi connectivity index (χ2v) is 29.0. The normalized spacial score (nSPS) is 14.9. The largest absolute Gasteiger partial charge is 0.472 e. The molecule has 0 heterocycles. The van der Waals surface area contributed by atoms with E-state index in [2.05, 4.69) is 203 Å². The van der Waals surface area contributed by atoms with Crippen molar-refractivity contribution < 1.29 is 75.8 Å². The Morgan fingerprint density at radius 2 is 0.476 bits per heavy atom. The number of hydrogen-bond donors (Lipinski definition) is 4. The zero-order valence-electron chi connectivity index (χ0n) is 65.1. The molecule has 105 heavy (non-hydrogen) atoms. The van der Waals surface area contributed by atoms with Gasteiger partial charge in [-0.1, -0.05) is 299 Å². The van der Waals surface area contributed by atoms with E-state index in [0.717, 1.165) is 173 Å². The van der Waals surface area contributed by atoms with Gasteiger partial charge in [-0.2, -0.15) is 0 Å². The van der Waals surface area contributed by atoms with Gasteiger partial charge < -0.3 is 34.2 Å². The summed E-state index contributed by atoms with van der Waals surface area (Å²) in [5.41, 5.74) is 0. The number of rotatable bonds is 74. The number of unbranched alkanes of at least 4 members (excludes halogenated alkanes) is 21. The van der Waals surface area contributed by atoms with Crippen molar-refractivity contribution in [2.45, 2.75) is 309 Å². The monoisotopic (exact) mass is 1500 g/mol. The molecule has 5 atom stereocenters. The van der Waals surface area contributed by atoms with Crippen molar-refractivity contribution in [1.29, 1.82) is 0 Å². The Bertz CT molecular complexity index is 2640. The molecule has 0 fully saturated rings. The van der Waals surface area contributed by atoms with E-state index in [1.165, 1.54) is 57.8 Å². The standard InChI is InChI=1S/C87H142O16P2/c1-4-7-10-13-16-19-22-25-28-31-33-35-37-38-39-40-41-42-44-46-47-50-52-55-58-61-64-67-70-73-85(90)97-76-82(88)77-99-104(93,94)100-78-83(89)79-101-105(95,96)102-81-84(103-87(92)75-72-69-66-63-60-57-54-49-30-27-24-21-18-15-12-9-6-3)80-98-86(91)74-71-68-65-62-59-56-53-51-48-45-43-36-34-32-29-26-23-20-17-14-11-8-5-2/h7-12,16-21,25-30,33-36,38-39,45,48,53-54,56-57,82-84,88-89H,4-6,13-15,22-24,31-32,37,40-44,46-47,49-52,55,58-81H2,1-3H3,(H,93,94)(H,95,96)/b10-7-,11-8-,12-9-,19-16-,20-17-,21-18-,28-25-,29-26-,30-27-,35-33-,36-34-,39-38-,48-45-,56-53-,57-54-. The van der Waals surface area contributed by atoms with Gasteiger partial charge in [0, 0.05) is 19.3 Å². The van der Waals surface area contributed by atoms with Crippen molar-refractivity contribution in [3.8, 4) is 0 Å². The van der Waals surface area contributed by atoms with E-state index in [1.807, 2.05) is 0 Å². The smallest absolute Gasteiger partial charge is 0.463 e. The molecule has 0 aromatic rings. The van der Waals surface area contributed by atoms with Crippen LogP contribution in [0.4, 0.5) is 0 Å². The highest BCUT2D eigenvalue weighted by Crippen LogP contribution is 2.45. The first-order valence-corrected chi connectivity index (χ1v) is 43.1. The van der Waals surface area contributed by atoms with Gasteiger partial charge in [0.15, 0.2) is 6.10 Å². The van der Waals surface area contributed by atoms with Crippen LogP contribution in [0.3, 0.4) is 0 Å². The number of carbonyl (C=O) groups is 3. The van der Waals surface area contributed by atoms with Crippen molar-refractivity contribution in [2.24, 2.45) is 0 Å². The fourth-order valence-corrected chi connectivity index (χ4v) is 11.7. The summed E-state index contributed by atoms with van der Waals surface area (Å²) in [7, 11) is -9.82. The Morgan fingerprint density at radius 1 is 0.267 bits per heavy atom. The van der Waals surface area contributed by atoms with E-state index < -0.39 is 91.5 Å². The number of aliphatic hydroxyl groups is 2. The lowest BCUT2D eigenvalue weighted by molar-refractivity contribution is -0.161. The lowest BCUT2D eigenvalue weighted by Gasteiger charge is -2.21. The number of phosphoric ester groups is 2. The summed E-state index contributed by atoms with van der Waals surface area (Å²) in [6, 6.07) is 0. The molecule has 16 nitrogen and oxygen atoms in total. The molecule has 0 aromatic heterocycles. The number of phosphoric acid groups is 2. The third-order valence-corrected chi connectivity index (χ3v) is 18.0. The van der Waals surface area contributed by atoms with Gasteiger partial charge in [-0.05, 0) is 154 Å². The minimum Gasteiger partial charge on any atom is -0.463 e. The van der Waals surface area contributed by atoms with Gasteiger partial charge in [-0.3, -0.25) is 32.5 Å². The van der Waals surface area contributed by atoms with Crippen LogP contribution in [0.25, 0.3) is 0 Å². The lowest BCUT2D eigenvalue weighted by atomic mass is 10.0. The van der Waals surface area contributed by atoms with E-state index in [4.69, 9.17) is 32.3 Å². The minimum absolute atomic E-state index is 0.0636. The summed E-state index contributed by atoms with van der Waals surface area (Å²) in [6.45, 7) is 2.27. The fourth-order valence-electron chi connectivity index (χ4n) is 10.1. The van der Waals surface area contributed by atoms with Crippen LogP contribution >= 0.6 is 15.6 Å². The predicted octanol–water partition coefficient (Wildman–Crippen LogP) is 23.8. The van der Waals surface area contributed by atoms with Crippen LogP contribution in [0.2, 0.25) is 0 Å². The maximum absolute atomic E-state index is 13.0. The Kier molecular flexibility index (Phi) is 74.3. The topological polar surface area (TPSA) is 231 Å². The molecule has 596 valence electrons. The minimum atomic E-state index is -4.95. The molecule has 0 aliphatic carbocycles. The van der Waals surface area contributed by atoms with E-state index in [9.17, 15) is 43.5 Å². The van der Waals surface area contributed by atoms with Crippen LogP contribution in [-0.4, -0.2) is 95.9 Å². The van der Waals surface area contributed by atoms with Crippen LogP contribution in [0.1, 0.15) is 290 Å². The molecule has 0 saturated heterocycles. The molecular formula is C87H142O16P2. The van der Waals surface area contributed by atoms with Crippen molar-refractivity contribution in [1.82, 2.24) is 0 Å². The summed E-state index contributed by atoms with van der Waals surface area (Å²) < 4.78 is 61.1. The molecule has 0 aliphatic heterocycles. The molecule has 0 saturated carbocycles. The number of allylic oxidation sites excluding steroid dienone is 30. The molecule has 0 amide bonds. The van der Waals surface area contributed by atoms with Crippen molar-refractivity contribution in [3.63, 3.8) is 0 Å². The van der Waals surface area contributed by atoms with Crippen LogP contribution in [0, 0.1) is 0 Å². The first-order chi connectivity index (χ1) is 51.2. The second kappa shape index (κ2) is 78.2. The summed E-state index contributed by atoms with van der Waals surface area (Å²) in [5, 5.41) is 20.7. The Morgan fingerprint density at radius 3 is 0.752 bits per heavy atom. The number of esters is 3. The lowest BCUT2D eigenvalue weighted by Crippen LogP contribution is -2.30. The number of carbonyl (C=O) groups excluding carboxylic acids is 3. The summed E-state index contributed by atoms with van der Waals surface area (Å²) in [6.07, 6.45) is 101. The van der Waals surface area contributed by atoms with Gasteiger partial charge in [0.2, 0.25) is 0 Å². The van der Waals surface area contributed by atoms with E-state index >= 15 is 0 Å².